The van der Waals surface area contributed by atoms with E-state index in [9.17, 15) is 16.8 Å². The lowest BCUT2D eigenvalue weighted by Crippen LogP contribution is -2.41. The molecule has 0 aromatic heterocycles. The molecule has 0 aliphatic heterocycles. The summed E-state index contributed by atoms with van der Waals surface area (Å²) in [4.78, 5) is 0. The largest absolute Gasteiger partial charge is 0.385 e. The predicted octanol–water partition coefficient (Wildman–Crippen LogP) is 3.53. The zero-order chi connectivity index (χ0) is 21.9. The van der Waals surface area contributed by atoms with Gasteiger partial charge in [-0.15, -0.1) is 0 Å². The van der Waals surface area contributed by atoms with Crippen LogP contribution < -0.4 is 14.8 Å². The molecule has 7 nitrogen and oxygen atoms in total. The number of anilines is 2. The van der Waals surface area contributed by atoms with Gasteiger partial charge in [0.05, 0.1) is 10.00 Å². The van der Waals surface area contributed by atoms with Crippen molar-refractivity contribution < 1.29 is 16.8 Å². The van der Waals surface area contributed by atoms with Crippen LogP contribution in [0.4, 0.5) is 11.4 Å². The zero-order valence-electron chi connectivity index (χ0n) is 18.0. The molecule has 29 heavy (non-hydrogen) atoms. The Labute approximate surface area is 176 Å². The number of rotatable bonds is 8. The van der Waals surface area contributed by atoms with Gasteiger partial charge < -0.3 is 5.32 Å². The maximum atomic E-state index is 12.2. The predicted molar refractivity (Wildman–Crippen MR) is 120 cm³/mol. The van der Waals surface area contributed by atoms with Crippen LogP contribution in [0.15, 0.2) is 24.3 Å². The fourth-order valence-corrected chi connectivity index (χ4v) is 4.80. The van der Waals surface area contributed by atoms with Crippen molar-refractivity contribution in [1.82, 2.24) is 4.72 Å². The van der Waals surface area contributed by atoms with E-state index in [1.54, 1.807) is 46.8 Å². The fourth-order valence-electron chi connectivity index (χ4n) is 3.08. The lowest BCUT2D eigenvalue weighted by atomic mass is 9.86. The first-order valence-corrected chi connectivity index (χ1v) is 13.2. The van der Waals surface area contributed by atoms with Gasteiger partial charge in [0.1, 0.15) is 0 Å². The van der Waals surface area contributed by atoms with Crippen molar-refractivity contribution in [2.45, 2.75) is 76.3 Å². The maximum Gasteiger partial charge on any atom is 0.237 e. The Bertz CT molecular complexity index is 865. The molecule has 1 fully saturated rings. The highest BCUT2D eigenvalue weighted by atomic mass is 32.2. The molecule has 0 heterocycles. The van der Waals surface area contributed by atoms with Crippen molar-refractivity contribution in [2.75, 3.05) is 16.6 Å². The summed E-state index contributed by atoms with van der Waals surface area (Å²) in [6, 6.07) is 7.27. The van der Waals surface area contributed by atoms with E-state index in [1.807, 2.05) is 12.1 Å². The molecule has 1 aliphatic rings. The average Bonchev–Trinajstić information content (AvgIpc) is 2.61. The molecule has 3 N–H and O–H groups in total. The van der Waals surface area contributed by atoms with Gasteiger partial charge in [-0.25, -0.2) is 21.6 Å². The SMILES string of the molecule is CC(C)S(=O)(=O)NC1CCC(CNc2ccc(NS(=O)(=O)C(C)(C)C)cc2)CC1. The van der Waals surface area contributed by atoms with Crippen LogP contribution in [0.25, 0.3) is 0 Å². The van der Waals surface area contributed by atoms with Gasteiger partial charge in [0.25, 0.3) is 0 Å². The highest BCUT2D eigenvalue weighted by molar-refractivity contribution is 7.94. The molecule has 1 aromatic rings. The van der Waals surface area contributed by atoms with Gasteiger partial charge in [0.15, 0.2) is 0 Å². The third-order valence-corrected chi connectivity index (χ3v) is 9.36. The van der Waals surface area contributed by atoms with Crippen molar-refractivity contribution in [3.05, 3.63) is 24.3 Å². The second kappa shape index (κ2) is 9.22. The van der Waals surface area contributed by atoms with E-state index in [2.05, 4.69) is 14.8 Å². The normalized spacial score (nSPS) is 21.2. The van der Waals surface area contributed by atoms with Gasteiger partial charge in [0.2, 0.25) is 20.0 Å². The second-order valence-corrected chi connectivity index (χ2v) is 13.8. The molecule has 166 valence electrons. The smallest absolute Gasteiger partial charge is 0.237 e. The Morgan fingerprint density at radius 2 is 1.45 bits per heavy atom. The Morgan fingerprint density at radius 3 is 1.93 bits per heavy atom. The van der Waals surface area contributed by atoms with Crippen molar-refractivity contribution in [1.29, 1.82) is 0 Å². The molecule has 0 atom stereocenters. The number of hydrogen-bond acceptors (Lipinski definition) is 5. The summed E-state index contributed by atoms with van der Waals surface area (Å²) in [7, 11) is -6.65. The third-order valence-electron chi connectivity index (χ3n) is 5.34. The molecule has 2 rings (SSSR count). The molecule has 1 saturated carbocycles. The van der Waals surface area contributed by atoms with Gasteiger partial charge in [-0.3, -0.25) is 4.72 Å². The van der Waals surface area contributed by atoms with E-state index in [0.29, 0.717) is 11.6 Å². The molecule has 0 bridgehead atoms. The maximum absolute atomic E-state index is 12.2. The molecule has 9 heteroatoms. The van der Waals surface area contributed by atoms with Crippen LogP contribution in [-0.2, 0) is 20.0 Å². The first kappa shape index (κ1) is 24.0. The molecular weight excluding hydrogens is 410 g/mol. The number of hydrogen-bond donors (Lipinski definition) is 3. The van der Waals surface area contributed by atoms with Gasteiger partial charge in [-0.2, -0.15) is 0 Å². The molecule has 0 unspecified atom stereocenters. The van der Waals surface area contributed by atoms with Gasteiger partial charge in [-0.1, -0.05) is 0 Å². The molecule has 0 radical (unpaired) electrons. The minimum absolute atomic E-state index is 0.0359. The fraction of sp³-hybridized carbons (Fsp3) is 0.700. The average molecular weight is 446 g/mol. The quantitative estimate of drug-likeness (QED) is 0.568. The summed E-state index contributed by atoms with van der Waals surface area (Å²) in [5, 5.41) is 3.00. The van der Waals surface area contributed by atoms with E-state index in [0.717, 1.165) is 37.9 Å². The summed E-state index contributed by atoms with van der Waals surface area (Å²) in [5.74, 6) is 0.494. The minimum atomic E-state index is -3.44. The molecule has 1 aromatic carbocycles. The van der Waals surface area contributed by atoms with Gasteiger partial charge in [-0.05, 0) is 90.5 Å². The van der Waals surface area contributed by atoms with Crippen LogP contribution in [0.1, 0.15) is 60.3 Å². The zero-order valence-corrected chi connectivity index (χ0v) is 19.7. The molecule has 1 aliphatic carbocycles. The number of benzene rings is 1. The molecule has 0 spiro atoms. The molecule has 0 amide bonds. The van der Waals surface area contributed by atoms with E-state index in [1.165, 1.54) is 0 Å². The second-order valence-electron chi connectivity index (χ2n) is 9.11. The van der Waals surface area contributed by atoms with E-state index >= 15 is 0 Å². The first-order chi connectivity index (χ1) is 13.3. The third kappa shape index (κ3) is 6.86. The Kier molecular flexibility index (Phi) is 7.62. The topological polar surface area (TPSA) is 104 Å². The van der Waals surface area contributed by atoms with E-state index in [4.69, 9.17) is 0 Å². The van der Waals surface area contributed by atoms with Crippen molar-refractivity contribution in [3.63, 3.8) is 0 Å². The van der Waals surface area contributed by atoms with Crippen LogP contribution in [0.3, 0.4) is 0 Å². The van der Waals surface area contributed by atoms with Gasteiger partial charge in [0, 0.05) is 24.0 Å². The highest BCUT2D eigenvalue weighted by Crippen LogP contribution is 2.26. The molecule has 0 saturated heterocycles. The summed E-state index contributed by atoms with van der Waals surface area (Å²) in [5.41, 5.74) is 1.48. The highest BCUT2D eigenvalue weighted by Gasteiger charge is 2.29. The Morgan fingerprint density at radius 1 is 0.931 bits per heavy atom. The first-order valence-electron chi connectivity index (χ1n) is 10.2. The van der Waals surface area contributed by atoms with Crippen LogP contribution in [0.5, 0.6) is 0 Å². The van der Waals surface area contributed by atoms with Gasteiger partial charge >= 0.3 is 0 Å². The van der Waals surface area contributed by atoms with Crippen molar-refractivity contribution in [3.8, 4) is 0 Å². The number of nitrogens with one attached hydrogen (secondary N) is 3. The lowest BCUT2D eigenvalue weighted by molar-refractivity contribution is 0.323. The summed E-state index contributed by atoms with van der Waals surface area (Å²) >= 11 is 0. The van der Waals surface area contributed by atoms with Crippen molar-refractivity contribution >= 4 is 31.4 Å². The summed E-state index contributed by atoms with van der Waals surface area (Å²) < 4.78 is 53.0. The summed E-state index contributed by atoms with van der Waals surface area (Å²) in [6.07, 6.45) is 3.65. The number of sulfonamides is 2. The van der Waals surface area contributed by atoms with E-state index < -0.39 is 30.0 Å². The Balaban J connectivity index is 1.80. The van der Waals surface area contributed by atoms with Crippen LogP contribution in [-0.4, -0.2) is 39.4 Å². The van der Waals surface area contributed by atoms with Crippen LogP contribution >= 0.6 is 0 Å². The lowest BCUT2D eigenvalue weighted by Gasteiger charge is -2.29. The van der Waals surface area contributed by atoms with Crippen LogP contribution in [0.2, 0.25) is 0 Å². The van der Waals surface area contributed by atoms with Crippen LogP contribution in [0, 0.1) is 5.92 Å². The standard InChI is InChI=1S/C20H35N3O4S2/c1-15(2)28(24,25)22-18-8-6-16(7-9-18)14-21-17-10-12-19(13-11-17)23-29(26,27)20(3,4)5/h10-13,15-16,18,21-23H,6-9,14H2,1-5H3. The molecular formula is C20H35N3O4S2. The summed E-state index contributed by atoms with van der Waals surface area (Å²) in [6.45, 7) is 9.18. The monoisotopic (exact) mass is 445 g/mol. The minimum Gasteiger partial charge on any atom is -0.385 e. The Hall–Kier alpha value is -1.32. The van der Waals surface area contributed by atoms with Crippen molar-refractivity contribution in [2.24, 2.45) is 5.92 Å². The van der Waals surface area contributed by atoms with E-state index in [-0.39, 0.29) is 6.04 Å².